The lowest BCUT2D eigenvalue weighted by Gasteiger charge is -2.25. The molecular weight excluding hydrogens is 592 g/mol. The summed E-state index contributed by atoms with van der Waals surface area (Å²) in [4.78, 5) is 44.1. The number of nitrogens with zero attached hydrogens (tertiary/aromatic N) is 4. The summed E-state index contributed by atoms with van der Waals surface area (Å²) in [7, 11) is 2.73. The summed E-state index contributed by atoms with van der Waals surface area (Å²) in [5.41, 5.74) is 4.06. The number of para-hydroxylation sites is 1. The fourth-order valence-corrected chi connectivity index (χ4v) is 6.31. The molecule has 5 aromatic rings. The van der Waals surface area contributed by atoms with Crippen molar-refractivity contribution in [3.63, 3.8) is 0 Å². The third kappa shape index (κ3) is 5.61. The minimum Gasteiger partial charge on any atom is -0.493 e. The number of carbonyl (C=O) groups is 2. The summed E-state index contributed by atoms with van der Waals surface area (Å²) in [6, 6.07) is 23.5. The Kier molecular flexibility index (Phi) is 8.01. The molecule has 2 aromatic heterocycles. The molecule has 0 saturated carbocycles. The van der Waals surface area contributed by atoms with Crippen molar-refractivity contribution in [2.75, 3.05) is 14.2 Å². The van der Waals surface area contributed by atoms with Gasteiger partial charge >= 0.3 is 11.9 Å². The highest BCUT2D eigenvalue weighted by molar-refractivity contribution is 7.07. The summed E-state index contributed by atoms with van der Waals surface area (Å²) in [5, 5.41) is 4.87. The van der Waals surface area contributed by atoms with Crippen molar-refractivity contribution in [1.29, 1.82) is 0 Å². The Balaban J connectivity index is 1.56. The number of methoxy groups -OCH3 is 2. The van der Waals surface area contributed by atoms with E-state index in [2.05, 4.69) is 4.99 Å². The number of hydrogen-bond acceptors (Lipinski definition) is 9. The van der Waals surface area contributed by atoms with Crippen molar-refractivity contribution in [1.82, 2.24) is 14.3 Å². The molecule has 0 N–H and O–H groups in total. The molecule has 3 aromatic carbocycles. The Morgan fingerprint density at radius 3 is 2.33 bits per heavy atom. The number of rotatable bonds is 7. The smallest absolute Gasteiger partial charge is 0.338 e. The third-order valence-electron chi connectivity index (χ3n) is 7.28. The first-order valence-electron chi connectivity index (χ1n) is 14.0. The second kappa shape index (κ2) is 12.2. The maximum absolute atomic E-state index is 14.2. The van der Waals surface area contributed by atoms with E-state index in [0.29, 0.717) is 26.3 Å². The van der Waals surface area contributed by atoms with Crippen molar-refractivity contribution in [2.45, 2.75) is 19.9 Å². The number of thiazole rings is 1. The Morgan fingerprint density at radius 2 is 1.67 bits per heavy atom. The highest BCUT2D eigenvalue weighted by Crippen LogP contribution is 2.36. The highest BCUT2D eigenvalue weighted by atomic mass is 32.1. The van der Waals surface area contributed by atoms with Gasteiger partial charge in [0.2, 0.25) is 0 Å². The lowest BCUT2D eigenvalue weighted by Crippen LogP contribution is -2.39. The van der Waals surface area contributed by atoms with Gasteiger partial charge < -0.3 is 14.2 Å². The molecule has 1 aliphatic rings. The predicted octanol–water partition coefficient (Wildman–Crippen LogP) is 4.19. The molecule has 0 radical (unpaired) electrons. The predicted molar refractivity (Wildman–Crippen MR) is 169 cm³/mol. The topological polar surface area (TPSA) is 114 Å². The zero-order valence-corrected chi connectivity index (χ0v) is 25.7. The second-order valence-electron chi connectivity index (χ2n) is 10.2. The van der Waals surface area contributed by atoms with Gasteiger partial charge in [0.15, 0.2) is 16.3 Å². The van der Waals surface area contributed by atoms with Gasteiger partial charge in [-0.3, -0.25) is 14.2 Å². The average Bonchev–Trinajstić information content (AvgIpc) is 3.61. The van der Waals surface area contributed by atoms with Crippen LogP contribution in [0.4, 0.5) is 0 Å². The summed E-state index contributed by atoms with van der Waals surface area (Å²) in [6.45, 7) is 3.00. The van der Waals surface area contributed by atoms with E-state index in [1.165, 1.54) is 37.0 Å². The van der Waals surface area contributed by atoms with Crippen LogP contribution in [-0.2, 0) is 14.3 Å². The maximum atomic E-state index is 14.2. The monoisotopic (exact) mass is 620 g/mol. The molecule has 0 unspecified atom stereocenters. The minimum atomic E-state index is -0.878. The van der Waals surface area contributed by atoms with Crippen LogP contribution in [0.2, 0.25) is 0 Å². The average molecular weight is 621 g/mol. The fourth-order valence-electron chi connectivity index (χ4n) is 5.27. The van der Waals surface area contributed by atoms with Crippen LogP contribution in [0.1, 0.15) is 31.0 Å². The molecule has 1 aliphatic heterocycles. The molecule has 3 heterocycles. The number of carbonyl (C=O) groups excluding carboxylic acids is 2. The minimum absolute atomic E-state index is 0.209. The van der Waals surface area contributed by atoms with Crippen LogP contribution in [0.5, 0.6) is 11.5 Å². The molecule has 0 spiro atoms. The number of ether oxygens (including phenoxy) is 3. The van der Waals surface area contributed by atoms with Crippen LogP contribution in [-0.4, -0.2) is 40.5 Å². The van der Waals surface area contributed by atoms with E-state index in [-0.39, 0.29) is 22.6 Å². The SMILES string of the molecule is COC(=O)C1=C(C)N=c2s/c(=C\c3cn(-c4ccccc4)nc3-c3ccccc3)c(=O)n2[C@@H]1c1ccc(OC(C)=O)c(OC)c1. The number of allylic oxidation sites excluding steroid dienone is 1. The first-order chi connectivity index (χ1) is 21.8. The van der Waals surface area contributed by atoms with Gasteiger partial charge in [-0.25, -0.2) is 14.5 Å². The molecule has 0 aliphatic carbocycles. The van der Waals surface area contributed by atoms with Crippen molar-refractivity contribution >= 4 is 29.4 Å². The van der Waals surface area contributed by atoms with Crippen molar-refractivity contribution in [3.05, 3.63) is 127 Å². The standard InChI is InChI=1S/C34H28N4O6S/c1-20-29(33(41)43-4)31(23-15-16-26(44-21(2)39)27(17-23)42-3)38-32(40)28(45-34(38)35-20)18-24-19-37(25-13-9-6-10-14-25)36-30(24)22-11-7-5-8-12-22/h5-19,31H,1-4H3/b28-18-/t31-/m1/s1. The Labute approximate surface area is 261 Å². The Bertz CT molecular complexity index is 2150. The molecule has 1 atom stereocenters. The van der Waals surface area contributed by atoms with Gasteiger partial charge in [0.05, 0.1) is 47.4 Å². The van der Waals surface area contributed by atoms with E-state index in [4.69, 9.17) is 19.3 Å². The first kappa shape index (κ1) is 29.5. The Morgan fingerprint density at radius 1 is 0.956 bits per heavy atom. The zero-order chi connectivity index (χ0) is 31.7. The van der Waals surface area contributed by atoms with E-state index >= 15 is 0 Å². The molecule has 0 bridgehead atoms. The first-order valence-corrected chi connectivity index (χ1v) is 14.8. The molecule has 45 heavy (non-hydrogen) atoms. The van der Waals surface area contributed by atoms with E-state index in [9.17, 15) is 14.4 Å². The molecule has 11 heteroatoms. The molecule has 10 nitrogen and oxygen atoms in total. The number of fused-ring (bicyclic) bond motifs is 1. The molecule has 226 valence electrons. The molecule has 6 rings (SSSR count). The van der Waals surface area contributed by atoms with Gasteiger partial charge in [0.1, 0.15) is 0 Å². The fraction of sp³-hybridized carbons (Fsp3) is 0.147. The van der Waals surface area contributed by atoms with Crippen LogP contribution in [0.3, 0.4) is 0 Å². The number of esters is 2. The van der Waals surface area contributed by atoms with Gasteiger partial charge in [-0.2, -0.15) is 5.10 Å². The lowest BCUT2D eigenvalue weighted by molar-refractivity contribution is -0.136. The normalized spacial score (nSPS) is 14.5. The van der Waals surface area contributed by atoms with Crippen LogP contribution >= 0.6 is 11.3 Å². The number of aromatic nitrogens is 3. The second-order valence-corrected chi connectivity index (χ2v) is 11.2. The summed E-state index contributed by atoms with van der Waals surface area (Å²) < 4.78 is 19.6. The zero-order valence-electron chi connectivity index (χ0n) is 24.9. The number of benzene rings is 3. The summed E-state index contributed by atoms with van der Waals surface area (Å²) in [6.07, 6.45) is 3.69. The van der Waals surface area contributed by atoms with Gasteiger partial charge in [-0.1, -0.05) is 65.9 Å². The number of hydrogen-bond donors (Lipinski definition) is 0. The van der Waals surface area contributed by atoms with Gasteiger partial charge in [0.25, 0.3) is 5.56 Å². The van der Waals surface area contributed by atoms with E-state index in [1.54, 1.807) is 35.9 Å². The van der Waals surface area contributed by atoms with E-state index < -0.39 is 18.0 Å². The molecular formula is C34H28N4O6S. The van der Waals surface area contributed by atoms with Gasteiger partial charge in [-0.15, -0.1) is 0 Å². The lowest BCUT2D eigenvalue weighted by atomic mass is 9.95. The maximum Gasteiger partial charge on any atom is 0.338 e. The Hall–Kier alpha value is -5.55. The highest BCUT2D eigenvalue weighted by Gasteiger charge is 2.34. The summed E-state index contributed by atoms with van der Waals surface area (Å²) >= 11 is 1.22. The molecule has 0 amide bonds. The summed E-state index contributed by atoms with van der Waals surface area (Å²) in [5.74, 6) is -0.644. The van der Waals surface area contributed by atoms with E-state index in [1.807, 2.05) is 66.9 Å². The quantitative estimate of drug-likeness (QED) is 0.198. The van der Waals surface area contributed by atoms with Crippen molar-refractivity contribution < 1.29 is 23.8 Å². The van der Waals surface area contributed by atoms with Crippen LogP contribution in [0.15, 0.2) is 106 Å². The van der Waals surface area contributed by atoms with Gasteiger partial charge in [0, 0.05) is 24.2 Å². The molecule has 0 fully saturated rings. The van der Waals surface area contributed by atoms with Gasteiger partial charge in [-0.05, 0) is 42.8 Å². The van der Waals surface area contributed by atoms with E-state index in [0.717, 1.165) is 16.8 Å². The van der Waals surface area contributed by atoms with Crippen LogP contribution in [0.25, 0.3) is 23.0 Å². The third-order valence-corrected chi connectivity index (χ3v) is 8.26. The van der Waals surface area contributed by atoms with Crippen LogP contribution in [0, 0.1) is 0 Å². The molecule has 0 saturated heterocycles. The largest absolute Gasteiger partial charge is 0.493 e. The van der Waals surface area contributed by atoms with Crippen molar-refractivity contribution in [2.24, 2.45) is 4.99 Å². The van der Waals surface area contributed by atoms with Crippen molar-refractivity contribution in [3.8, 4) is 28.4 Å². The van der Waals surface area contributed by atoms with Crippen LogP contribution < -0.4 is 24.4 Å².